The average Bonchev–Trinajstić information content (AvgIpc) is 3.49. The van der Waals surface area contributed by atoms with Crippen LogP contribution in [0.3, 0.4) is 0 Å². The highest BCUT2D eigenvalue weighted by Crippen LogP contribution is 2.42. The molecule has 0 atom stereocenters. The molecule has 9 aromatic rings. The molecule has 0 fully saturated rings. The van der Waals surface area contributed by atoms with Crippen molar-refractivity contribution < 1.29 is 4.42 Å². The van der Waals surface area contributed by atoms with E-state index < -0.39 is 0 Å². The fourth-order valence-corrected chi connectivity index (χ4v) is 6.61. The molecule has 0 radical (unpaired) electrons. The predicted molar refractivity (Wildman–Crippen MR) is 192 cm³/mol. The van der Waals surface area contributed by atoms with Crippen LogP contribution in [0.1, 0.15) is 0 Å². The lowest BCUT2D eigenvalue weighted by atomic mass is 9.99. The van der Waals surface area contributed by atoms with Gasteiger partial charge in [-0.1, -0.05) is 103 Å². The summed E-state index contributed by atoms with van der Waals surface area (Å²) in [6.45, 7) is 0. The van der Waals surface area contributed by atoms with Crippen LogP contribution in [-0.4, -0.2) is 4.98 Å². The van der Waals surface area contributed by atoms with Crippen molar-refractivity contribution >= 4 is 60.7 Å². The van der Waals surface area contributed by atoms with Gasteiger partial charge in [0, 0.05) is 33.7 Å². The van der Waals surface area contributed by atoms with Gasteiger partial charge in [0.1, 0.15) is 5.58 Å². The van der Waals surface area contributed by atoms with Crippen LogP contribution in [0.4, 0.5) is 17.1 Å². The van der Waals surface area contributed by atoms with Crippen LogP contribution in [0, 0.1) is 0 Å². The van der Waals surface area contributed by atoms with Gasteiger partial charge in [-0.05, 0) is 99.1 Å². The van der Waals surface area contributed by atoms with Gasteiger partial charge in [-0.3, -0.25) is 0 Å². The standard InChI is InChI=1S/C43H28N2O/c1-2-9-29(10-3-1)31-20-22-36(23-21-31)45(37-15-6-13-33(26-37)34-19-18-30-11-4-5-12-32(30)25-34)41-17-7-14-35-27-40-38-16-8-24-44-43(38)46-42(40)28-39(35)41/h1-28H. The summed E-state index contributed by atoms with van der Waals surface area (Å²) in [4.78, 5) is 6.83. The molecule has 2 aromatic heterocycles. The molecule has 0 saturated carbocycles. The largest absolute Gasteiger partial charge is 0.438 e. The fraction of sp³-hybridized carbons (Fsp3) is 0. The minimum absolute atomic E-state index is 0.658. The first-order chi connectivity index (χ1) is 22.8. The summed E-state index contributed by atoms with van der Waals surface area (Å²) in [6.07, 6.45) is 1.78. The van der Waals surface area contributed by atoms with Crippen molar-refractivity contribution in [3.63, 3.8) is 0 Å². The number of benzene rings is 7. The third-order valence-corrected chi connectivity index (χ3v) is 8.89. The number of aromatic nitrogens is 1. The lowest BCUT2D eigenvalue weighted by Gasteiger charge is -2.27. The Morgan fingerprint density at radius 2 is 1.13 bits per heavy atom. The molecule has 2 heterocycles. The molecular formula is C43H28N2O. The van der Waals surface area contributed by atoms with Gasteiger partial charge in [-0.2, -0.15) is 0 Å². The number of rotatable bonds is 5. The van der Waals surface area contributed by atoms with E-state index in [1.54, 1.807) is 6.20 Å². The zero-order valence-electron chi connectivity index (χ0n) is 25.0. The van der Waals surface area contributed by atoms with E-state index in [-0.39, 0.29) is 0 Å². The Kier molecular flexibility index (Phi) is 6.14. The Labute approximate surface area is 266 Å². The van der Waals surface area contributed by atoms with Crippen molar-refractivity contribution in [2.45, 2.75) is 0 Å². The second-order valence-electron chi connectivity index (χ2n) is 11.7. The Hall–Kier alpha value is -6.19. The lowest BCUT2D eigenvalue weighted by molar-refractivity contribution is 0.654. The molecular weight excluding hydrogens is 560 g/mol. The molecule has 9 rings (SSSR count). The maximum absolute atomic E-state index is 6.25. The van der Waals surface area contributed by atoms with Crippen molar-refractivity contribution in [2.24, 2.45) is 0 Å². The molecule has 0 aliphatic carbocycles. The molecule has 46 heavy (non-hydrogen) atoms. The number of hydrogen-bond donors (Lipinski definition) is 0. The van der Waals surface area contributed by atoms with Gasteiger partial charge in [0.25, 0.3) is 0 Å². The molecule has 0 bridgehead atoms. The van der Waals surface area contributed by atoms with Crippen LogP contribution in [0.15, 0.2) is 174 Å². The topological polar surface area (TPSA) is 29.3 Å². The number of pyridine rings is 1. The summed E-state index contributed by atoms with van der Waals surface area (Å²) < 4.78 is 6.25. The Morgan fingerprint density at radius 1 is 0.413 bits per heavy atom. The van der Waals surface area contributed by atoms with E-state index in [1.807, 2.05) is 6.07 Å². The van der Waals surface area contributed by atoms with Gasteiger partial charge in [0.15, 0.2) is 0 Å². The third-order valence-electron chi connectivity index (χ3n) is 8.89. The van der Waals surface area contributed by atoms with Crippen molar-refractivity contribution in [3.05, 3.63) is 170 Å². The van der Waals surface area contributed by atoms with Crippen molar-refractivity contribution in [1.82, 2.24) is 4.98 Å². The summed E-state index contributed by atoms with van der Waals surface area (Å²) in [7, 11) is 0. The van der Waals surface area contributed by atoms with Gasteiger partial charge in [-0.25, -0.2) is 4.98 Å². The average molecular weight is 589 g/mol. The molecule has 0 aliphatic rings. The number of hydrogen-bond acceptors (Lipinski definition) is 3. The number of furan rings is 1. The minimum atomic E-state index is 0.658. The number of anilines is 3. The van der Waals surface area contributed by atoms with E-state index in [1.165, 1.54) is 33.0 Å². The summed E-state index contributed by atoms with van der Waals surface area (Å²) in [5, 5.41) is 6.83. The molecule has 0 unspecified atom stereocenters. The summed E-state index contributed by atoms with van der Waals surface area (Å²) in [6, 6.07) is 58.3. The molecule has 3 nitrogen and oxygen atoms in total. The Balaban J connectivity index is 1.24. The van der Waals surface area contributed by atoms with Crippen molar-refractivity contribution in [3.8, 4) is 22.3 Å². The molecule has 0 aliphatic heterocycles. The first-order valence-corrected chi connectivity index (χ1v) is 15.5. The van der Waals surface area contributed by atoms with Crippen molar-refractivity contribution in [2.75, 3.05) is 4.90 Å². The Morgan fingerprint density at radius 3 is 2.02 bits per heavy atom. The highest BCUT2D eigenvalue weighted by atomic mass is 16.3. The quantitative estimate of drug-likeness (QED) is 0.200. The minimum Gasteiger partial charge on any atom is -0.438 e. The monoisotopic (exact) mass is 588 g/mol. The fourth-order valence-electron chi connectivity index (χ4n) is 6.61. The van der Waals surface area contributed by atoms with Crippen molar-refractivity contribution in [1.29, 1.82) is 0 Å². The first-order valence-electron chi connectivity index (χ1n) is 15.5. The van der Waals surface area contributed by atoms with Gasteiger partial charge < -0.3 is 9.32 Å². The summed E-state index contributed by atoms with van der Waals surface area (Å²) >= 11 is 0. The van der Waals surface area contributed by atoms with E-state index in [2.05, 4.69) is 168 Å². The molecule has 0 amide bonds. The first kappa shape index (κ1) is 26.2. The van der Waals surface area contributed by atoms with Crippen LogP contribution in [-0.2, 0) is 0 Å². The molecule has 7 aromatic carbocycles. The van der Waals surface area contributed by atoms with Gasteiger partial charge in [0.2, 0.25) is 5.71 Å². The van der Waals surface area contributed by atoms with E-state index in [9.17, 15) is 0 Å². The molecule has 0 N–H and O–H groups in total. The molecule has 0 spiro atoms. The third kappa shape index (κ3) is 4.49. The molecule has 3 heteroatoms. The highest BCUT2D eigenvalue weighted by Gasteiger charge is 2.18. The van der Waals surface area contributed by atoms with Crippen LogP contribution < -0.4 is 4.90 Å². The SMILES string of the molecule is c1ccc(-c2ccc(N(c3cccc(-c4ccc5ccccc5c4)c3)c3cccc4cc5c(cc34)oc3ncccc35)cc2)cc1. The number of fused-ring (bicyclic) bond motifs is 5. The normalized spacial score (nSPS) is 11.5. The van der Waals surface area contributed by atoms with E-state index in [0.717, 1.165) is 44.2 Å². The van der Waals surface area contributed by atoms with Crippen LogP contribution in [0.5, 0.6) is 0 Å². The zero-order valence-corrected chi connectivity index (χ0v) is 25.0. The lowest BCUT2D eigenvalue weighted by Crippen LogP contribution is -2.10. The van der Waals surface area contributed by atoms with Crippen LogP contribution in [0.2, 0.25) is 0 Å². The Bertz CT molecular complexity index is 2530. The smallest absolute Gasteiger partial charge is 0.227 e. The second-order valence-corrected chi connectivity index (χ2v) is 11.7. The van der Waals surface area contributed by atoms with E-state index in [4.69, 9.17) is 4.42 Å². The van der Waals surface area contributed by atoms with E-state index in [0.29, 0.717) is 5.71 Å². The number of nitrogens with zero attached hydrogens (tertiary/aromatic N) is 2. The molecule has 216 valence electrons. The van der Waals surface area contributed by atoms with Crippen LogP contribution in [0.25, 0.3) is 65.9 Å². The van der Waals surface area contributed by atoms with E-state index >= 15 is 0 Å². The van der Waals surface area contributed by atoms with Gasteiger partial charge in [-0.15, -0.1) is 0 Å². The van der Waals surface area contributed by atoms with Crippen LogP contribution >= 0.6 is 0 Å². The summed E-state index contributed by atoms with van der Waals surface area (Å²) in [5.74, 6) is 0. The summed E-state index contributed by atoms with van der Waals surface area (Å²) in [5.41, 5.74) is 9.47. The van der Waals surface area contributed by atoms with Gasteiger partial charge >= 0.3 is 0 Å². The van der Waals surface area contributed by atoms with Gasteiger partial charge in [0.05, 0.1) is 5.69 Å². The highest BCUT2D eigenvalue weighted by molar-refractivity contribution is 6.12. The predicted octanol–water partition coefficient (Wildman–Crippen LogP) is 12.1. The maximum Gasteiger partial charge on any atom is 0.227 e. The maximum atomic E-state index is 6.25. The second kappa shape index (κ2) is 10.8. The zero-order chi connectivity index (χ0) is 30.5. The molecule has 0 saturated heterocycles.